The number of anilines is 2. The Morgan fingerprint density at radius 1 is 1.23 bits per heavy atom. The van der Waals surface area contributed by atoms with Gasteiger partial charge < -0.3 is 15.5 Å². The molecule has 1 unspecified atom stereocenters. The van der Waals surface area contributed by atoms with Crippen LogP contribution in [-0.4, -0.2) is 53.7 Å². The molecule has 9 heteroatoms. The molecule has 2 N–H and O–H groups in total. The van der Waals surface area contributed by atoms with Gasteiger partial charge in [0.25, 0.3) is 0 Å². The molecule has 0 saturated carbocycles. The number of rotatable bonds is 9. The quantitative estimate of drug-likeness (QED) is 0.553. The molecule has 7 nitrogen and oxygen atoms in total. The number of carbonyl (C=O) groups excluding carboxylic acids is 2. The summed E-state index contributed by atoms with van der Waals surface area (Å²) in [7, 11) is 0. The van der Waals surface area contributed by atoms with Gasteiger partial charge in [-0.15, -0.1) is 22.0 Å². The molecule has 1 saturated heterocycles. The number of aromatic nitrogens is 2. The van der Waals surface area contributed by atoms with Crippen LogP contribution >= 0.6 is 23.5 Å². The zero-order valence-corrected chi connectivity index (χ0v) is 19.6. The summed E-state index contributed by atoms with van der Waals surface area (Å²) >= 11 is 2.99. The van der Waals surface area contributed by atoms with Crippen molar-refractivity contribution in [2.75, 3.05) is 41.9 Å². The van der Waals surface area contributed by atoms with Crippen LogP contribution in [0.4, 0.5) is 11.5 Å². The van der Waals surface area contributed by atoms with Gasteiger partial charge >= 0.3 is 0 Å². The maximum atomic E-state index is 12.3. The fourth-order valence-corrected chi connectivity index (χ4v) is 4.46. The number of piperidine rings is 1. The van der Waals surface area contributed by atoms with E-state index in [0.29, 0.717) is 11.6 Å². The average molecular weight is 460 g/mol. The third-order valence-electron chi connectivity index (χ3n) is 5.00. The molecule has 31 heavy (non-hydrogen) atoms. The molecular formula is C22H29N5O2S2. The van der Waals surface area contributed by atoms with Crippen molar-refractivity contribution >= 4 is 46.8 Å². The van der Waals surface area contributed by atoms with Gasteiger partial charge in [0.15, 0.2) is 5.82 Å². The van der Waals surface area contributed by atoms with E-state index in [1.54, 1.807) is 11.8 Å². The minimum Gasteiger partial charge on any atom is -0.356 e. The smallest absolute Gasteiger partial charge is 0.234 e. The maximum absolute atomic E-state index is 12.3. The zero-order valence-electron chi connectivity index (χ0n) is 18.0. The van der Waals surface area contributed by atoms with Crippen LogP contribution in [0, 0.1) is 5.92 Å². The summed E-state index contributed by atoms with van der Waals surface area (Å²) in [6.45, 7) is 4.30. The van der Waals surface area contributed by atoms with Crippen LogP contribution in [0.5, 0.6) is 0 Å². The highest BCUT2D eigenvalue weighted by Gasteiger charge is 2.26. The van der Waals surface area contributed by atoms with E-state index in [2.05, 4.69) is 32.7 Å². The van der Waals surface area contributed by atoms with Crippen LogP contribution in [0.25, 0.3) is 0 Å². The van der Waals surface area contributed by atoms with Crippen LogP contribution in [0.15, 0.2) is 46.3 Å². The SMILES string of the molecule is CCCNC(=O)C1CCCN(c2ccc(SCC(=O)Nc3cccc(SC)c3)nn2)C1. The second-order valence-corrected chi connectivity index (χ2v) is 9.25. The fourth-order valence-electron chi connectivity index (χ4n) is 3.39. The van der Waals surface area contributed by atoms with Gasteiger partial charge in [-0.3, -0.25) is 9.59 Å². The van der Waals surface area contributed by atoms with Gasteiger partial charge in [0.1, 0.15) is 5.03 Å². The number of nitrogens with one attached hydrogen (secondary N) is 2. The standard InChI is InChI=1S/C22H29N5O2S2/c1-3-11-23-22(29)16-6-5-12-27(14-16)19-9-10-21(26-25-19)31-15-20(28)24-17-7-4-8-18(13-17)30-2/h4,7-10,13,16H,3,5-6,11-12,14-15H2,1-2H3,(H,23,29)(H,24,28). The van der Waals surface area contributed by atoms with Crippen LogP contribution in [0.3, 0.4) is 0 Å². The van der Waals surface area contributed by atoms with E-state index in [1.165, 1.54) is 11.8 Å². The number of amides is 2. The van der Waals surface area contributed by atoms with Gasteiger partial charge in [-0.2, -0.15) is 0 Å². The minimum atomic E-state index is -0.0777. The molecule has 1 aliphatic heterocycles. The molecule has 166 valence electrons. The number of benzene rings is 1. The lowest BCUT2D eigenvalue weighted by Gasteiger charge is -2.32. The monoisotopic (exact) mass is 459 g/mol. The van der Waals surface area contributed by atoms with E-state index in [4.69, 9.17) is 0 Å². The van der Waals surface area contributed by atoms with Crippen LogP contribution in [0.2, 0.25) is 0 Å². The number of hydrogen-bond donors (Lipinski definition) is 2. The van der Waals surface area contributed by atoms with E-state index in [-0.39, 0.29) is 23.5 Å². The van der Waals surface area contributed by atoms with Crippen LogP contribution < -0.4 is 15.5 Å². The fraction of sp³-hybridized carbons (Fsp3) is 0.455. The first-order chi connectivity index (χ1) is 15.1. The van der Waals surface area contributed by atoms with Crippen molar-refractivity contribution in [3.63, 3.8) is 0 Å². The van der Waals surface area contributed by atoms with Crippen molar-refractivity contribution in [1.29, 1.82) is 0 Å². The minimum absolute atomic E-state index is 0.00976. The van der Waals surface area contributed by atoms with Crippen LogP contribution in [0.1, 0.15) is 26.2 Å². The number of carbonyl (C=O) groups is 2. The second-order valence-electron chi connectivity index (χ2n) is 7.37. The molecule has 1 aromatic carbocycles. The Hall–Kier alpha value is -2.26. The first kappa shape index (κ1) is 23.4. The predicted molar refractivity (Wildman–Crippen MR) is 128 cm³/mol. The normalized spacial score (nSPS) is 16.1. The Labute approximate surface area is 192 Å². The Morgan fingerprint density at radius 2 is 2.10 bits per heavy atom. The third kappa shape index (κ3) is 7.14. The molecule has 1 aliphatic rings. The summed E-state index contributed by atoms with van der Waals surface area (Å²) in [6.07, 6.45) is 4.81. The second kappa shape index (κ2) is 12.0. The highest BCUT2D eigenvalue weighted by atomic mass is 32.2. The van der Waals surface area contributed by atoms with Gasteiger partial charge in [-0.25, -0.2) is 0 Å². The van der Waals surface area contributed by atoms with Gasteiger partial charge in [0.2, 0.25) is 11.8 Å². The molecule has 2 amide bonds. The van der Waals surface area contributed by atoms with Crippen molar-refractivity contribution < 1.29 is 9.59 Å². The lowest BCUT2D eigenvalue weighted by Crippen LogP contribution is -2.43. The maximum Gasteiger partial charge on any atom is 0.234 e. The summed E-state index contributed by atoms with van der Waals surface area (Å²) in [5, 5.41) is 15.2. The number of nitrogens with zero attached hydrogens (tertiary/aromatic N) is 3. The Morgan fingerprint density at radius 3 is 2.84 bits per heavy atom. The molecular weight excluding hydrogens is 430 g/mol. The first-order valence-electron chi connectivity index (χ1n) is 10.5. The largest absolute Gasteiger partial charge is 0.356 e. The topological polar surface area (TPSA) is 87.2 Å². The summed E-state index contributed by atoms with van der Waals surface area (Å²) in [5.41, 5.74) is 0.793. The van der Waals surface area contributed by atoms with Crippen LogP contribution in [-0.2, 0) is 9.59 Å². The summed E-state index contributed by atoms with van der Waals surface area (Å²) < 4.78 is 0. The Balaban J connectivity index is 1.49. The number of thioether (sulfide) groups is 2. The lowest BCUT2D eigenvalue weighted by atomic mass is 9.97. The van der Waals surface area contributed by atoms with E-state index < -0.39 is 0 Å². The van der Waals surface area contributed by atoms with E-state index in [1.807, 2.05) is 42.7 Å². The molecule has 2 aromatic rings. The predicted octanol–water partition coefficient (Wildman–Crippen LogP) is 3.67. The summed E-state index contributed by atoms with van der Waals surface area (Å²) in [4.78, 5) is 27.8. The lowest BCUT2D eigenvalue weighted by molar-refractivity contribution is -0.125. The molecule has 0 radical (unpaired) electrons. The molecule has 1 fully saturated rings. The third-order valence-corrected chi connectivity index (χ3v) is 6.64. The van der Waals surface area contributed by atoms with Crippen molar-refractivity contribution in [3.05, 3.63) is 36.4 Å². The average Bonchev–Trinajstić information content (AvgIpc) is 2.81. The summed E-state index contributed by atoms with van der Waals surface area (Å²) in [6, 6.07) is 11.6. The van der Waals surface area contributed by atoms with E-state index in [0.717, 1.165) is 48.8 Å². The Kier molecular flexibility index (Phi) is 9.02. The molecule has 2 heterocycles. The van der Waals surface area contributed by atoms with Crippen molar-refractivity contribution in [3.8, 4) is 0 Å². The molecule has 0 aliphatic carbocycles. The molecule has 1 aromatic heterocycles. The Bertz CT molecular complexity index is 878. The molecule has 0 spiro atoms. The highest BCUT2D eigenvalue weighted by molar-refractivity contribution is 8.00. The van der Waals surface area contributed by atoms with Gasteiger partial charge in [-0.05, 0) is 55.9 Å². The summed E-state index contributed by atoms with van der Waals surface area (Å²) in [5.74, 6) is 1.08. The van der Waals surface area contributed by atoms with Gasteiger partial charge in [0.05, 0.1) is 11.7 Å². The molecule has 0 bridgehead atoms. The molecule has 3 rings (SSSR count). The zero-order chi connectivity index (χ0) is 22.1. The number of hydrogen-bond acceptors (Lipinski definition) is 7. The van der Waals surface area contributed by atoms with Crippen molar-refractivity contribution in [2.45, 2.75) is 36.1 Å². The molecule has 1 atom stereocenters. The van der Waals surface area contributed by atoms with E-state index in [9.17, 15) is 9.59 Å². The van der Waals surface area contributed by atoms with Gasteiger partial charge in [0, 0.05) is 30.2 Å². The highest BCUT2D eigenvalue weighted by Crippen LogP contribution is 2.24. The van der Waals surface area contributed by atoms with E-state index >= 15 is 0 Å². The van der Waals surface area contributed by atoms with Gasteiger partial charge in [-0.1, -0.05) is 24.8 Å². The van der Waals surface area contributed by atoms with Crippen molar-refractivity contribution in [2.24, 2.45) is 5.92 Å². The first-order valence-corrected chi connectivity index (χ1v) is 12.7. The van der Waals surface area contributed by atoms with Crippen molar-refractivity contribution in [1.82, 2.24) is 15.5 Å².